The van der Waals surface area contributed by atoms with Crippen molar-refractivity contribution in [2.24, 2.45) is 0 Å². The van der Waals surface area contributed by atoms with E-state index in [1.807, 2.05) is 43.1 Å². The van der Waals surface area contributed by atoms with E-state index >= 15 is 0 Å². The fraction of sp³-hybridized carbons (Fsp3) is 0.600. The summed E-state index contributed by atoms with van der Waals surface area (Å²) in [7, 11) is 2.08. The van der Waals surface area contributed by atoms with Crippen LogP contribution in [0.25, 0.3) is 10.9 Å². The molecule has 0 aliphatic heterocycles. The second-order valence-electron chi connectivity index (χ2n) is 7.57. The van der Waals surface area contributed by atoms with E-state index in [0.29, 0.717) is 0 Å². The smallest absolute Gasteiger partial charge is 0.477 e. The van der Waals surface area contributed by atoms with Crippen LogP contribution >= 0.6 is 7.82 Å². The largest absolute Gasteiger partial charge is 0.497 e. The normalized spacial score (nSPS) is 12.6. The number of methoxy groups -OCH3 is 1. The summed E-state index contributed by atoms with van der Waals surface area (Å²) in [5.41, 5.74) is 2.16. The number of aromatic nitrogens is 1. The average Bonchev–Trinajstić information content (AvgIpc) is 2.93. The van der Waals surface area contributed by atoms with Crippen LogP contribution in [0.1, 0.15) is 33.3 Å². The molecule has 0 saturated carbocycles. The van der Waals surface area contributed by atoms with Gasteiger partial charge in [-0.15, -0.1) is 0 Å². The van der Waals surface area contributed by atoms with Crippen molar-refractivity contribution in [2.45, 2.75) is 53.1 Å². The van der Waals surface area contributed by atoms with E-state index in [1.54, 1.807) is 34.8 Å². The molecular weight excluding hydrogens is 379 g/mol. The maximum Gasteiger partial charge on any atom is 0.477 e. The molecule has 0 aliphatic carbocycles. The molecule has 0 unspecified atom stereocenters. The first-order valence-corrected chi connectivity index (χ1v) is 11.0. The first-order valence-electron chi connectivity index (χ1n) is 9.55. The molecule has 0 aliphatic rings. The van der Waals surface area contributed by atoms with Crippen LogP contribution in [0.3, 0.4) is 0 Å². The number of hydrogen-bond donors (Lipinski definition) is 0. The van der Waals surface area contributed by atoms with Crippen LogP contribution in [-0.4, -0.2) is 49.4 Å². The zero-order valence-corrected chi connectivity index (χ0v) is 18.9. The maximum absolute atomic E-state index is 13.0. The second kappa shape index (κ2) is 9.90. The van der Waals surface area contributed by atoms with E-state index in [2.05, 4.69) is 4.90 Å². The molecule has 0 saturated heterocycles. The van der Waals surface area contributed by atoms with Crippen molar-refractivity contribution in [3.63, 3.8) is 0 Å². The lowest BCUT2D eigenvalue weighted by atomic mass is 10.1. The summed E-state index contributed by atoms with van der Waals surface area (Å²) in [6.45, 7) is 8.20. The van der Waals surface area contributed by atoms with Gasteiger partial charge in [-0.3, -0.25) is 13.6 Å². The van der Waals surface area contributed by atoms with Gasteiger partial charge in [0.25, 0.3) is 0 Å². The fourth-order valence-electron chi connectivity index (χ4n) is 2.86. The molecule has 0 fully saturated rings. The third-order valence-corrected chi connectivity index (χ3v) is 5.83. The van der Waals surface area contributed by atoms with E-state index in [-0.39, 0.29) is 18.9 Å². The Kier molecular flexibility index (Phi) is 8.10. The zero-order valence-electron chi connectivity index (χ0n) is 18.0. The number of rotatable bonds is 11. The van der Waals surface area contributed by atoms with E-state index in [0.717, 1.165) is 29.6 Å². The Balaban J connectivity index is 2.31. The molecule has 28 heavy (non-hydrogen) atoms. The molecule has 2 aromatic rings. The van der Waals surface area contributed by atoms with Gasteiger partial charge in [0.15, 0.2) is 0 Å². The minimum atomic E-state index is -3.67. The lowest BCUT2D eigenvalue weighted by Crippen LogP contribution is -2.15. The molecule has 1 aromatic heterocycles. The second-order valence-corrected chi connectivity index (χ2v) is 9.15. The molecule has 0 radical (unpaired) electrons. The van der Waals surface area contributed by atoms with E-state index in [9.17, 15) is 4.57 Å². The highest BCUT2D eigenvalue weighted by Crippen LogP contribution is 2.52. The monoisotopic (exact) mass is 412 g/mol. The minimum Gasteiger partial charge on any atom is -0.497 e. The highest BCUT2D eigenvalue weighted by Gasteiger charge is 2.30. The molecule has 0 N–H and O–H groups in total. The van der Waals surface area contributed by atoms with Gasteiger partial charge in [-0.1, -0.05) is 0 Å². The van der Waals surface area contributed by atoms with Crippen molar-refractivity contribution in [2.75, 3.05) is 27.7 Å². The van der Waals surface area contributed by atoms with E-state index < -0.39 is 7.82 Å². The SMILES string of the molecule is COc1ccc2c(c1)c(CCN(C)C)cn2COP(=O)(OC(C)C)OC(C)C. The number of likely N-dealkylation sites (N-methyl/N-ethyl adjacent to an activating group) is 1. The van der Waals surface area contributed by atoms with Gasteiger partial charge in [0.1, 0.15) is 12.5 Å². The Labute approximate surface area is 168 Å². The van der Waals surface area contributed by atoms with Crippen LogP contribution in [0.4, 0.5) is 0 Å². The van der Waals surface area contributed by atoms with Gasteiger partial charge in [0.2, 0.25) is 0 Å². The number of fused-ring (bicyclic) bond motifs is 1. The van der Waals surface area contributed by atoms with Gasteiger partial charge in [-0.05, 0) is 72.0 Å². The van der Waals surface area contributed by atoms with Crippen LogP contribution in [0.15, 0.2) is 24.4 Å². The quantitative estimate of drug-likeness (QED) is 0.499. The van der Waals surface area contributed by atoms with Crippen LogP contribution < -0.4 is 4.74 Å². The van der Waals surface area contributed by atoms with Crippen molar-refractivity contribution in [3.05, 3.63) is 30.0 Å². The van der Waals surface area contributed by atoms with Crippen LogP contribution in [-0.2, 0) is 31.3 Å². The number of phosphoric ester groups is 1. The maximum atomic E-state index is 13.0. The average molecular weight is 412 g/mol. The number of benzene rings is 1. The molecule has 1 aromatic carbocycles. The van der Waals surface area contributed by atoms with Crippen molar-refractivity contribution in [3.8, 4) is 5.75 Å². The number of hydrogen-bond acceptors (Lipinski definition) is 6. The highest BCUT2D eigenvalue weighted by molar-refractivity contribution is 7.48. The molecule has 8 heteroatoms. The first-order chi connectivity index (χ1) is 13.1. The number of ether oxygens (including phenoxy) is 1. The predicted octanol–water partition coefficient (Wildman–Crippen LogP) is 4.69. The molecule has 2 rings (SSSR count). The van der Waals surface area contributed by atoms with Gasteiger partial charge in [-0.2, -0.15) is 0 Å². The van der Waals surface area contributed by atoms with Gasteiger partial charge in [0.05, 0.1) is 24.8 Å². The Bertz CT molecular complexity index is 802. The predicted molar refractivity (Wildman–Crippen MR) is 112 cm³/mol. The molecule has 0 spiro atoms. The molecule has 158 valence electrons. The zero-order chi connectivity index (χ0) is 20.9. The molecule has 1 heterocycles. The lowest BCUT2D eigenvalue weighted by molar-refractivity contribution is 0.0563. The number of nitrogens with zero attached hydrogens (tertiary/aromatic N) is 2. The third kappa shape index (κ3) is 6.33. The topological polar surface area (TPSA) is 62.2 Å². The summed E-state index contributed by atoms with van der Waals surface area (Å²) in [5.74, 6) is 0.800. The fourth-order valence-corrected chi connectivity index (χ4v) is 4.33. The Morgan fingerprint density at radius 2 is 1.75 bits per heavy atom. The molecule has 7 nitrogen and oxygen atoms in total. The van der Waals surface area contributed by atoms with Crippen molar-refractivity contribution in [1.82, 2.24) is 9.47 Å². The summed E-state index contributed by atoms with van der Waals surface area (Å²) in [6, 6.07) is 5.91. The van der Waals surface area contributed by atoms with Gasteiger partial charge in [0, 0.05) is 18.1 Å². The van der Waals surface area contributed by atoms with Crippen molar-refractivity contribution < 1.29 is 22.9 Å². The van der Waals surface area contributed by atoms with Crippen LogP contribution in [0.2, 0.25) is 0 Å². The summed E-state index contributed by atoms with van der Waals surface area (Å²) in [5, 5.41) is 1.09. The van der Waals surface area contributed by atoms with Gasteiger partial charge in [-0.25, -0.2) is 4.57 Å². The Morgan fingerprint density at radius 3 is 2.29 bits per heavy atom. The van der Waals surface area contributed by atoms with Gasteiger partial charge >= 0.3 is 7.82 Å². The molecule has 0 amide bonds. The van der Waals surface area contributed by atoms with Crippen LogP contribution in [0, 0.1) is 0 Å². The summed E-state index contributed by atoms with van der Waals surface area (Å²) in [4.78, 5) is 2.14. The Morgan fingerprint density at radius 1 is 1.11 bits per heavy atom. The summed E-state index contributed by atoms with van der Waals surface area (Å²) >= 11 is 0. The lowest BCUT2D eigenvalue weighted by Gasteiger charge is -2.22. The third-order valence-electron chi connectivity index (χ3n) is 4.03. The summed E-state index contributed by atoms with van der Waals surface area (Å²) < 4.78 is 36.9. The standard InChI is InChI=1S/C20H33N2O5P/c1-15(2)26-28(23,27-16(3)4)25-14-22-13-17(10-11-21(5)6)19-12-18(24-7)8-9-20(19)22/h8-9,12-13,15-16H,10-11,14H2,1-7H3. The van der Waals surface area contributed by atoms with E-state index in [1.165, 1.54) is 5.56 Å². The number of phosphoric acid groups is 1. The van der Waals surface area contributed by atoms with Crippen molar-refractivity contribution >= 4 is 18.7 Å². The molecule has 0 bridgehead atoms. The van der Waals surface area contributed by atoms with Crippen molar-refractivity contribution in [1.29, 1.82) is 0 Å². The Hall–Kier alpha value is -1.37. The minimum absolute atomic E-state index is 0.0709. The summed E-state index contributed by atoms with van der Waals surface area (Å²) in [6.07, 6.45) is 2.37. The molecule has 0 atom stereocenters. The first kappa shape index (κ1) is 22.9. The molecular formula is C20H33N2O5P. The van der Waals surface area contributed by atoms with Crippen LogP contribution in [0.5, 0.6) is 5.75 Å². The highest BCUT2D eigenvalue weighted by atomic mass is 31.2. The van der Waals surface area contributed by atoms with E-state index in [4.69, 9.17) is 18.3 Å². The van der Waals surface area contributed by atoms with Gasteiger partial charge < -0.3 is 14.2 Å².